The Labute approximate surface area is 236 Å². The normalized spacial score (nSPS) is 17.6. The van der Waals surface area contributed by atoms with Gasteiger partial charge in [0.15, 0.2) is 5.69 Å². The molecule has 194 valence electrons. The Kier molecular flexibility index (Phi) is 7.23. The van der Waals surface area contributed by atoms with Gasteiger partial charge in [0, 0.05) is 52.4 Å². The minimum absolute atomic E-state index is 0.265. The second-order valence-corrected chi connectivity index (χ2v) is 11.4. The molecule has 0 radical (unpaired) electrons. The summed E-state index contributed by atoms with van der Waals surface area (Å²) in [4.78, 5) is 24.7. The van der Waals surface area contributed by atoms with Crippen LogP contribution in [0.25, 0.3) is 10.9 Å². The van der Waals surface area contributed by atoms with Crippen LogP contribution in [0.3, 0.4) is 0 Å². The van der Waals surface area contributed by atoms with Crippen molar-refractivity contribution in [1.82, 2.24) is 9.88 Å². The van der Waals surface area contributed by atoms with Crippen LogP contribution in [0.2, 0.25) is 10.0 Å². The van der Waals surface area contributed by atoms with Crippen LogP contribution in [0.5, 0.6) is 0 Å². The molecule has 5 nitrogen and oxygen atoms in total. The summed E-state index contributed by atoms with van der Waals surface area (Å²) in [6, 6.07) is 23.1. The van der Waals surface area contributed by atoms with Crippen molar-refractivity contribution in [2.24, 2.45) is 0 Å². The number of hydrogen-bond donors (Lipinski definition) is 0. The van der Waals surface area contributed by atoms with E-state index < -0.39 is 5.97 Å². The predicted molar refractivity (Wildman–Crippen MR) is 155 cm³/mol. The fourth-order valence-corrected chi connectivity index (χ4v) is 7.20. The summed E-state index contributed by atoms with van der Waals surface area (Å²) >= 11 is 14.8. The Hall–Kier alpha value is -2.77. The predicted octanol–water partition coefficient (Wildman–Crippen LogP) is 7.29. The molecule has 3 aromatic carbocycles. The average Bonchev–Trinajstić information content (AvgIpc) is 3.09. The molecule has 2 aliphatic heterocycles. The minimum Gasteiger partial charge on any atom is -0.461 e. The van der Waals surface area contributed by atoms with Gasteiger partial charge in [0.2, 0.25) is 0 Å². The second kappa shape index (κ2) is 10.8. The van der Waals surface area contributed by atoms with E-state index >= 15 is 0 Å². The molecule has 0 amide bonds. The minimum atomic E-state index is -0.448. The Morgan fingerprint density at radius 2 is 1.74 bits per heavy atom. The lowest BCUT2D eigenvalue weighted by Gasteiger charge is -2.41. The number of fused-ring (bicyclic) bond motifs is 3. The highest BCUT2D eigenvalue weighted by Gasteiger charge is 2.31. The maximum atomic E-state index is 12.6. The van der Waals surface area contributed by atoms with Gasteiger partial charge >= 0.3 is 5.97 Å². The highest BCUT2D eigenvalue weighted by atomic mass is 35.5. The van der Waals surface area contributed by atoms with Crippen LogP contribution < -0.4 is 4.90 Å². The number of piperazine rings is 1. The van der Waals surface area contributed by atoms with E-state index in [1.54, 1.807) is 19.1 Å². The topological polar surface area (TPSA) is 45.7 Å². The van der Waals surface area contributed by atoms with Crippen molar-refractivity contribution in [2.75, 3.05) is 37.7 Å². The molecule has 0 bridgehead atoms. The first kappa shape index (κ1) is 25.5. The third-order valence-corrected chi connectivity index (χ3v) is 8.99. The molecule has 1 saturated heterocycles. The van der Waals surface area contributed by atoms with Gasteiger partial charge in [-0.15, -0.1) is 0 Å². The van der Waals surface area contributed by atoms with Crippen molar-refractivity contribution < 1.29 is 9.53 Å². The molecule has 6 rings (SSSR count). The van der Waals surface area contributed by atoms with Crippen LogP contribution in [-0.4, -0.2) is 48.6 Å². The number of carbonyl (C=O) groups is 1. The molecule has 1 unspecified atom stereocenters. The van der Waals surface area contributed by atoms with E-state index in [4.69, 9.17) is 27.9 Å². The van der Waals surface area contributed by atoms with Crippen molar-refractivity contribution in [3.63, 3.8) is 0 Å². The van der Waals surface area contributed by atoms with E-state index in [2.05, 4.69) is 63.3 Å². The third kappa shape index (κ3) is 4.87. The molecule has 0 saturated carbocycles. The second-order valence-electron chi connectivity index (χ2n) is 9.52. The molecule has 4 aromatic rings. The molecule has 2 aliphatic rings. The maximum absolute atomic E-state index is 12.6. The molecule has 3 heterocycles. The first-order valence-electron chi connectivity index (χ1n) is 12.8. The van der Waals surface area contributed by atoms with Crippen molar-refractivity contribution in [1.29, 1.82) is 0 Å². The first-order chi connectivity index (χ1) is 18.5. The van der Waals surface area contributed by atoms with Gasteiger partial charge < -0.3 is 9.64 Å². The largest absolute Gasteiger partial charge is 0.461 e. The lowest BCUT2D eigenvalue weighted by Crippen LogP contribution is -2.48. The van der Waals surface area contributed by atoms with E-state index in [-0.39, 0.29) is 12.3 Å². The smallest absolute Gasteiger partial charge is 0.357 e. The van der Waals surface area contributed by atoms with Crippen molar-refractivity contribution in [3.8, 4) is 0 Å². The highest BCUT2D eigenvalue weighted by Crippen LogP contribution is 2.43. The summed E-state index contributed by atoms with van der Waals surface area (Å²) in [5, 5.41) is 1.82. The van der Waals surface area contributed by atoms with E-state index in [0.717, 1.165) is 43.7 Å². The van der Waals surface area contributed by atoms with E-state index in [9.17, 15) is 4.79 Å². The standard InChI is InChI=1S/C30H27Cl2N3O2S/c1-2-37-30(36)24-18-26(29-22(32)16-20(31)17-23(29)33-24)35-13-11-34(12-14-35)25-15-19-7-3-5-9-27(19)38-28-10-6-4-8-21(25)28/h3-10,16-18,25H,2,11-15H2,1H3. The summed E-state index contributed by atoms with van der Waals surface area (Å²) in [5.41, 5.74) is 4.53. The summed E-state index contributed by atoms with van der Waals surface area (Å²) < 4.78 is 5.25. The number of hydrogen-bond acceptors (Lipinski definition) is 6. The number of anilines is 1. The number of carbonyl (C=O) groups excluding carboxylic acids is 1. The quantitative estimate of drug-likeness (QED) is 0.243. The number of rotatable bonds is 4. The maximum Gasteiger partial charge on any atom is 0.357 e. The van der Waals surface area contributed by atoms with Gasteiger partial charge in [0.05, 0.1) is 22.8 Å². The van der Waals surface area contributed by atoms with Gasteiger partial charge in [-0.05, 0) is 54.8 Å². The Balaban J connectivity index is 1.32. The van der Waals surface area contributed by atoms with Crippen molar-refractivity contribution in [2.45, 2.75) is 29.2 Å². The number of benzene rings is 3. The Morgan fingerprint density at radius 3 is 2.53 bits per heavy atom. The molecular weight excluding hydrogens is 537 g/mol. The van der Waals surface area contributed by atoms with Gasteiger partial charge in [-0.2, -0.15) is 0 Å². The zero-order valence-corrected chi connectivity index (χ0v) is 23.3. The SMILES string of the molecule is CCOC(=O)c1cc(N2CCN(C3Cc4ccccc4Sc4ccccc43)CC2)c2c(Cl)cc(Cl)cc2n1. The number of nitrogens with zero attached hydrogens (tertiary/aromatic N) is 3. The zero-order chi connectivity index (χ0) is 26.2. The van der Waals surface area contributed by atoms with Crippen LogP contribution in [0.15, 0.2) is 76.5 Å². The zero-order valence-electron chi connectivity index (χ0n) is 21.0. The van der Waals surface area contributed by atoms with Crippen LogP contribution in [0, 0.1) is 0 Å². The van der Waals surface area contributed by atoms with Gasteiger partial charge in [0.1, 0.15) is 0 Å². The first-order valence-corrected chi connectivity index (χ1v) is 14.4. The van der Waals surface area contributed by atoms with Crippen molar-refractivity contribution >= 4 is 57.5 Å². The van der Waals surface area contributed by atoms with E-state index in [0.29, 0.717) is 21.6 Å². The number of pyridine rings is 1. The molecule has 1 atom stereocenters. The van der Waals surface area contributed by atoms with Crippen LogP contribution in [0.1, 0.15) is 34.6 Å². The van der Waals surface area contributed by atoms with Crippen LogP contribution in [-0.2, 0) is 11.2 Å². The van der Waals surface area contributed by atoms with Gasteiger partial charge in [-0.1, -0.05) is 71.4 Å². The Bertz CT molecular complexity index is 1520. The number of aromatic nitrogens is 1. The lowest BCUT2D eigenvalue weighted by atomic mass is 9.96. The molecule has 38 heavy (non-hydrogen) atoms. The van der Waals surface area contributed by atoms with Crippen LogP contribution in [0.4, 0.5) is 5.69 Å². The lowest BCUT2D eigenvalue weighted by molar-refractivity contribution is 0.0520. The van der Waals surface area contributed by atoms with E-state index in [1.807, 2.05) is 17.8 Å². The molecule has 1 aromatic heterocycles. The molecule has 0 N–H and O–H groups in total. The van der Waals surface area contributed by atoms with Gasteiger partial charge in [-0.25, -0.2) is 9.78 Å². The molecule has 0 aliphatic carbocycles. The number of esters is 1. The van der Waals surface area contributed by atoms with Gasteiger partial charge in [-0.3, -0.25) is 4.90 Å². The Morgan fingerprint density at radius 1 is 1.00 bits per heavy atom. The summed E-state index contributed by atoms with van der Waals surface area (Å²) in [5.74, 6) is -0.448. The molecule has 0 spiro atoms. The fraction of sp³-hybridized carbons (Fsp3) is 0.267. The van der Waals surface area contributed by atoms with E-state index in [1.165, 1.54) is 20.9 Å². The monoisotopic (exact) mass is 563 g/mol. The van der Waals surface area contributed by atoms with Crippen LogP contribution >= 0.6 is 35.0 Å². The number of ether oxygens (including phenoxy) is 1. The average molecular weight is 565 g/mol. The molecule has 8 heteroatoms. The summed E-state index contributed by atoms with van der Waals surface area (Å²) in [6.45, 7) is 5.44. The highest BCUT2D eigenvalue weighted by molar-refractivity contribution is 7.99. The number of halogens is 2. The molecular formula is C30H27Cl2N3O2S. The summed E-state index contributed by atoms with van der Waals surface area (Å²) in [6.07, 6.45) is 0.982. The fourth-order valence-electron chi connectivity index (χ4n) is 5.48. The third-order valence-electron chi connectivity index (χ3n) is 7.27. The van der Waals surface area contributed by atoms with Crippen molar-refractivity contribution in [3.05, 3.63) is 93.6 Å². The summed E-state index contributed by atoms with van der Waals surface area (Å²) in [7, 11) is 0. The molecule has 1 fully saturated rings. The van der Waals surface area contributed by atoms with Gasteiger partial charge in [0.25, 0.3) is 0 Å².